The van der Waals surface area contributed by atoms with Crippen LogP contribution < -0.4 is 15.4 Å². The second kappa shape index (κ2) is 7.84. The number of anilines is 3. The fraction of sp³-hybridized carbons (Fsp3) is 0.0526. The highest BCUT2D eigenvalue weighted by molar-refractivity contribution is 6.31. The third-order valence-electron chi connectivity index (χ3n) is 3.57. The van der Waals surface area contributed by atoms with Crippen LogP contribution in [-0.2, 0) is 0 Å². The third-order valence-corrected chi connectivity index (χ3v) is 3.80. The van der Waals surface area contributed by atoms with Gasteiger partial charge in [-0.3, -0.25) is 4.79 Å². The van der Waals surface area contributed by atoms with E-state index in [4.69, 9.17) is 16.3 Å². The normalized spacial score (nSPS) is 10.3. The lowest BCUT2D eigenvalue weighted by Crippen LogP contribution is -2.15. The quantitative estimate of drug-likeness (QED) is 0.671. The van der Waals surface area contributed by atoms with E-state index in [2.05, 4.69) is 15.6 Å². The number of methoxy groups -OCH3 is 1. The van der Waals surface area contributed by atoms with Crippen LogP contribution >= 0.6 is 11.6 Å². The summed E-state index contributed by atoms with van der Waals surface area (Å²) in [5, 5.41) is 6.25. The lowest BCUT2D eigenvalue weighted by molar-refractivity contribution is 0.102. The molecule has 0 saturated heterocycles. The van der Waals surface area contributed by atoms with Crippen molar-refractivity contribution in [3.8, 4) is 5.75 Å². The zero-order valence-corrected chi connectivity index (χ0v) is 14.5. The molecule has 0 fully saturated rings. The van der Waals surface area contributed by atoms with Crippen LogP contribution in [0.25, 0.3) is 0 Å². The highest BCUT2D eigenvalue weighted by atomic mass is 35.5. The van der Waals surface area contributed by atoms with Crippen molar-refractivity contribution in [2.45, 2.75) is 0 Å². The number of hydrogen-bond donors (Lipinski definition) is 2. The number of carbonyl (C=O) groups is 1. The minimum Gasteiger partial charge on any atom is -0.495 e. The number of halogens is 2. The van der Waals surface area contributed by atoms with Crippen LogP contribution in [0.3, 0.4) is 0 Å². The van der Waals surface area contributed by atoms with Gasteiger partial charge in [0.25, 0.3) is 5.91 Å². The zero-order valence-electron chi connectivity index (χ0n) is 13.8. The Morgan fingerprint density at radius 2 is 1.92 bits per heavy atom. The average Bonchev–Trinajstić information content (AvgIpc) is 2.64. The number of nitrogens with one attached hydrogen (secondary N) is 2. The number of carbonyl (C=O) groups excluding carboxylic acids is 1. The van der Waals surface area contributed by atoms with Crippen LogP contribution in [0, 0.1) is 5.82 Å². The summed E-state index contributed by atoms with van der Waals surface area (Å²) >= 11 is 5.99. The van der Waals surface area contributed by atoms with Crippen LogP contribution in [0.15, 0.2) is 60.8 Å². The standard InChI is InChI=1S/C19H15ClFN3O2/c1-26-17-9-4-12(20)11-16(17)24-19(25)15-3-2-10-22-18(15)23-14-7-5-13(21)6-8-14/h2-11H,1H3,(H,22,23)(H,24,25). The first-order chi connectivity index (χ1) is 12.6. The largest absolute Gasteiger partial charge is 0.495 e. The van der Waals surface area contributed by atoms with Crippen LogP contribution in [-0.4, -0.2) is 18.0 Å². The molecule has 3 rings (SSSR count). The summed E-state index contributed by atoms with van der Waals surface area (Å²) in [5.41, 5.74) is 1.37. The van der Waals surface area contributed by atoms with Gasteiger partial charge < -0.3 is 15.4 Å². The number of amides is 1. The Balaban J connectivity index is 1.86. The summed E-state index contributed by atoms with van der Waals surface area (Å²) in [4.78, 5) is 16.9. The van der Waals surface area contributed by atoms with E-state index in [-0.39, 0.29) is 11.7 Å². The summed E-state index contributed by atoms with van der Waals surface area (Å²) in [5.74, 6) is 0.100. The molecule has 0 unspecified atom stereocenters. The first-order valence-electron chi connectivity index (χ1n) is 7.69. The van der Waals surface area contributed by atoms with E-state index in [9.17, 15) is 9.18 Å². The first kappa shape index (κ1) is 17.7. The molecule has 2 N–H and O–H groups in total. The average molecular weight is 372 g/mol. The molecule has 5 nitrogen and oxygen atoms in total. The molecule has 3 aromatic rings. The highest BCUT2D eigenvalue weighted by Crippen LogP contribution is 2.29. The molecule has 7 heteroatoms. The van der Waals surface area contributed by atoms with Crippen molar-refractivity contribution in [3.63, 3.8) is 0 Å². The van der Waals surface area contributed by atoms with Crippen molar-refractivity contribution in [3.05, 3.63) is 77.2 Å². The molecule has 132 valence electrons. The Bertz CT molecular complexity index is 932. The second-order valence-corrected chi connectivity index (χ2v) is 5.77. The number of rotatable bonds is 5. The number of nitrogens with zero attached hydrogens (tertiary/aromatic N) is 1. The van der Waals surface area contributed by atoms with Crippen LogP contribution in [0.5, 0.6) is 5.75 Å². The molecule has 0 radical (unpaired) electrons. The molecule has 0 aliphatic rings. The molecule has 0 aliphatic carbocycles. The fourth-order valence-corrected chi connectivity index (χ4v) is 2.50. The summed E-state index contributed by atoms with van der Waals surface area (Å²) < 4.78 is 18.3. The number of pyridine rings is 1. The Morgan fingerprint density at radius 3 is 2.65 bits per heavy atom. The maximum atomic E-state index is 13.0. The molecule has 0 atom stereocenters. The monoisotopic (exact) mass is 371 g/mol. The van der Waals surface area contributed by atoms with Gasteiger partial charge in [-0.15, -0.1) is 0 Å². The van der Waals surface area contributed by atoms with E-state index in [1.165, 1.54) is 19.2 Å². The van der Waals surface area contributed by atoms with Gasteiger partial charge in [-0.1, -0.05) is 11.6 Å². The van der Waals surface area contributed by atoms with E-state index in [1.54, 1.807) is 48.7 Å². The van der Waals surface area contributed by atoms with Gasteiger partial charge in [-0.25, -0.2) is 9.37 Å². The van der Waals surface area contributed by atoms with Crippen LogP contribution in [0.1, 0.15) is 10.4 Å². The Labute approximate surface area is 154 Å². The SMILES string of the molecule is COc1ccc(Cl)cc1NC(=O)c1cccnc1Nc1ccc(F)cc1. The molecule has 0 spiro atoms. The minimum absolute atomic E-state index is 0.318. The van der Waals surface area contributed by atoms with Gasteiger partial charge in [0.05, 0.1) is 18.4 Å². The van der Waals surface area contributed by atoms with Crippen molar-refractivity contribution in [2.24, 2.45) is 0 Å². The predicted octanol–water partition coefficient (Wildman–Crippen LogP) is 4.88. The Hall–Kier alpha value is -3.12. The maximum Gasteiger partial charge on any atom is 0.259 e. The van der Waals surface area contributed by atoms with Gasteiger partial charge in [0.15, 0.2) is 0 Å². The Kier molecular flexibility index (Phi) is 5.34. The minimum atomic E-state index is -0.386. The topological polar surface area (TPSA) is 63.2 Å². The van der Waals surface area contributed by atoms with Gasteiger partial charge in [0, 0.05) is 16.9 Å². The van der Waals surface area contributed by atoms with Crippen LogP contribution in [0.4, 0.5) is 21.6 Å². The number of benzene rings is 2. The van der Waals surface area contributed by atoms with Crippen molar-refractivity contribution in [2.75, 3.05) is 17.7 Å². The third kappa shape index (κ3) is 4.10. The second-order valence-electron chi connectivity index (χ2n) is 5.33. The molecule has 0 aliphatic heterocycles. The molecule has 1 aromatic heterocycles. The number of aromatic nitrogens is 1. The molecule has 0 saturated carbocycles. The van der Waals surface area contributed by atoms with Gasteiger partial charge in [0.1, 0.15) is 17.4 Å². The Morgan fingerprint density at radius 1 is 1.15 bits per heavy atom. The van der Waals surface area contributed by atoms with Crippen LogP contribution in [0.2, 0.25) is 5.02 Å². The summed E-state index contributed by atoms with van der Waals surface area (Å²) in [6.45, 7) is 0. The lowest BCUT2D eigenvalue weighted by atomic mass is 10.2. The van der Waals surface area contributed by atoms with E-state index in [0.717, 1.165) is 0 Å². The van der Waals surface area contributed by atoms with Crippen molar-refractivity contribution in [1.82, 2.24) is 4.98 Å². The van der Waals surface area contributed by atoms with E-state index in [0.29, 0.717) is 33.5 Å². The summed E-state index contributed by atoms with van der Waals surface area (Å²) in [7, 11) is 1.50. The summed E-state index contributed by atoms with van der Waals surface area (Å²) in [6.07, 6.45) is 1.56. The van der Waals surface area contributed by atoms with Gasteiger partial charge in [0.2, 0.25) is 0 Å². The lowest BCUT2D eigenvalue weighted by Gasteiger charge is -2.13. The zero-order chi connectivity index (χ0) is 18.5. The number of ether oxygens (including phenoxy) is 1. The molecule has 2 aromatic carbocycles. The number of hydrogen-bond acceptors (Lipinski definition) is 4. The van der Waals surface area contributed by atoms with Crippen molar-refractivity contribution >= 4 is 34.7 Å². The van der Waals surface area contributed by atoms with Gasteiger partial charge >= 0.3 is 0 Å². The first-order valence-corrected chi connectivity index (χ1v) is 8.07. The van der Waals surface area contributed by atoms with Crippen molar-refractivity contribution < 1.29 is 13.9 Å². The molecule has 1 amide bonds. The highest BCUT2D eigenvalue weighted by Gasteiger charge is 2.15. The van der Waals surface area contributed by atoms with Gasteiger partial charge in [-0.05, 0) is 54.6 Å². The molecular formula is C19H15ClFN3O2. The molecule has 0 bridgehead atoms. The maximum absolute atomic E-state index is 13.0. The summed E-state index contributed by atoms with van der Waals surface area (Å²) in [6, 6.07) is 14.0. The predicted molar refractivity (Wildman–Crippen MR) is 99.9 cm³/mol. The smallest absolute Gasteiger partial charge is 0.259 e. The molecule has 26 heavy (non-hydrogen) atoms. The fourth-order valence-electron chi connectivity index (χ4n) is 2.33. The van der Waals surface area contributed by atoms with E-state index in [1.807, 2.05) is 0 Å². The van der Waals surface area contributed by atoms with Crippen molar-refractivity contribution in [1.29, 1.82) is 0 Å². The van der Waals surface area contributed by atoms with E-state index < -0.39 is 0 Å². The van der Waals surface area contributed by atoms with E-state index >= 15 is 0 Å². The molecule has 1 heterocycles. The van der Waals surface area contributed by atoms with Gasteiger partial charge in [-0.2, -0.15) is 0 Å². The molecular weight excluding hydrogens is 357 g/mol.